The van der Waals surface area contributed by atoms with Crippen LogP contribution in [0.2, 0.25) is 0 Å². The molecule has 27 heavy (non-hydrogen) atoms. The second-order valence-corrected chi connectivity index (χ2v) is 8.24. The molecule has 1 unspecified atom stereocenters. The summed E-state index contributed by atoms with van der Waals surface area (Å²) in [5.41, 5.74) is 5.99. The van der Waals surface area contributed by atoms with E-state index in [-0.39, 0.29) is 18.0 Å². The summed E-state index contributed by atoms with van der Waals surface area (Å²) in [4.78, 5) is 18.6. The first-order chi connectivity index (χ1) is 13.1. The van der Waals surface area contributed by atoms with Crippen LogP contribution in [0, 0.1) is 18.8 Å². The molecule has 0 radical (unpaired) electrons. The maximum atomic E-state index is 12.3. The molecule has 5 heteroatoms. The van der Waals surface area contributed by atoms with Crippen LogP contribution in [0.25, 0.3) is 10.9 Å². The molecule has 3 aliphatic heterocycles. The van der Waals surface area contributed by atoms with E-state index < -0.39 is 0 Å². The average molecular weight is 366 g/mol. The van der Waals surface area contributed by atoms with Crippen LogP contribution in [0.15, 0.2) is 30.0 Å². The van der Waals surface area contributed by atoms with Gasteiger partial charge in [0.1, 0.15) is 0 Å². The van der Waals surface area contributed by atoms with Crippen molar-refractivity contribution in [2.24, 2.45) is 11.8 Å². The Morgan fingerprint density at radius 2 is 2.22 bits per heavy atom. The van der Waals surface area contributed by atoms with E-state index in [0.29, 0.717) is 17.5 Å². The number of rotatable bonds is 1. The molecule has 0 saturated carbocycles. The Labute approximate surface area is 159 Å². The average Bonchev–Trinajstić information content (AvgIpc) is 3.04. The summed E-state index contributed by atoms with van der Waals surface area (Å²) in [5.74, 6) is 0.253. The lowest BCUT2D eigenvalue weighted by molar-refractivity contribution is -0.139. The van der Waals surface area contributed by atoms with Crippen molar-refractivity contribution in [1.29, 1.82) is 0 Å². The molecule has 0 spiro atoms. The van der Waals surface area contributed by atoms with Gasteiger partial charge in [0.25, 0.3) is 0 Å². The lowest BCUT2D eigenvalue weighted by atomic mass is 9.72. The van der Waals surface area contributed by atoms with E-state index in [9.17, 15) is 4.79 Å². The standard InChI is InChI=1S/C22H26N2O3/c1-12-4-5-14-15-6-7-24-10-17-13(2)27-11-18(22(25)26-3)16(17)9-20(24)21(15)23-19(14)8-12/h4-5,8,11,13,16-17,20,23H,6-7,9-10H2,1-3H3/t13?,16-,17+,20-/m0/s1. The predicted octanol–water partition coefficient (Wildman–Crippen LogP) is 3.49. The zero-order valence-electron chi connectivity index (χ0n) is 16.1. The molecule has 5 rings (SSSR count). The Hall–Kier alpha value is -2.27. The van der Waals surface area contributed by atoms with Crippen molar-refractivity contribution in [3.63, 3.8) is 0 Å². The molecule has 142 valence electrons. The first kappa shape index (κ1) is 16.9. The summed E-state index contributed by atoms with van der Waals surface area (Å²) in [6, 6.07) is 7.00. The van der Waals surface area contributed by atoms with E-state index in [1.807, 2.05) is 0 Å². The number of carbonyl (C=O) groups excluding carboxylic acids is 1. The van der Waals surface area contributed by atoms with E-state index in [4.69, 9.17) is 9.47 Å². The highest BCUT2D eigenvalue weighted by atomic mass is 16.5. The van der Waals surface area contributed by atoms with Gasteiger partial charge in [-0.25, -0.2) is 4.79 Å². The van der Waals surface area contributed by atoms with Crippen LogP contribution in [0.1, 0.15) is 36.2 Å². The summed E-state index contributed by atoms with van der Waals surface area (Å²) in [6.07, 6.45) is 3.77. The highest BCUT2D eigenvalue weighted by Gasteiger charge is 2.46. The Balaban J connectivity index is 1.55. The predicted molar refractivity (Wildman–Crippen MR) is 103 cm³/mol. The van der Waals surface area contributed by atoms with Crippen molar-refractivity contribution >= 4 is 16.9 Å². The molecule has 4 heterocycles. The van der Waals surface area contributed by atoms with Crippen molar-refractivity contribution < 1.29 is 14.3 Å². The highest BCUT2D eigenvalue weighted by molar-refractivity contribution is 5.89. The van der Waals surface area contributed by atoms with Crippen molar-refractivity contribution in [2.75, 3.05) is 20.2 Å². The van der Waals surface area contributed by atoms with E-state index in [1.165, 1.54) is 34.8 Å². The van der Waals surface area contributed by atoms with Gasteiger partial charge in [0.15, 0.2) is 0 Å². The number of hydrogen-bond donors (Lipinski definition) is 1. The molecule has 0 aliphatic carbocycles. The molecule has 0 amide bonds. The number of carbonyl (C=O) groups is 1. The molecule has 2 aromatic rings. The van der Waals surface area contributed by atoms with Crippen LogP contribution in [-0.2, 0) is 20.7 Å². The summed E-state index contributed by atoms with van der Waals surface area (Å²) in [7, 11) is 1.45. The Bertz CT molecular complexity index is 944. The van der Waals surface area contributed by atoms with Crippen molar-refractivity contribution in [1.82, 2.24) is 9.88 Å². The van der Waals surface area contributed by atoms with Gasteiger partial charge in [-0.05, 0) is 43.9 Å². The highest BCUT2D eigenvalue weighted by Crippen LogP contribution is 2.47. The molecule has 3 aliphatic rings. The zero-order chi connectivity index (χ0) is 18.7. The second kappa shape index (κ2) is 6.13. The second-order valence-electron chi connectivity index (χ2n) is 8.24. The zero-order valence-corrected chi connectivity index (χ0v) is 16.1. The molecule has 1 fully saturated rings. The molecule has 5 nitrogen and oxygen atoms in total. The lowest BCUT2D eigenvalue weighted by Gasteiger charge is -2.49. The van der Waals surface area contributed by atoms with E-state index in [2.05, 4.69) is 41.9 Å². The first-order valence-corrected chi connectivity index (χ1v) is 9.85. The van der Waals surface area contributed by atoms with Crippen LogP contribution >= 0.6 is 0 Å². The van der Waals surface area contributed by atoms with E-state index >= 15 is 0 Å². The number of fused-ring (bicyclic) bond motifs is 6. The normalized spacial score (nSPS) is 30.0. The van der Waals surface area contributed by atoms with Crippen LogP contribution in [-0.4, -0.2) is 42.2 Å². The summed E-state index contributed by atoms with van der Waals surface area (Å²) in [5, 5.41) is 1.35. The summed E-state index contributed by atoms with van der Waals surface area (Å²) >= 11 is 0. The molecule has 1 N–H and O–H groups in total. The largest absolute Gasteiger partial charge is 0.497 e. The summed E-state index contributed by atoms with van der Waals surface area (Å²) < 4.78 is 10.8. The third-order valence-corrected chi connectivity index (χ3v) is 6.79. The Morgan fingerprint density at radius 3 is 3.04 bits per heavy atom. The SMILES string of the molecule is COC(=O)C1=COC(C)[C@H]2CN3CCc4c([nH]c5cc(C)ccc45)[C@@H]3C[C@H]12. The number of ether oxygens (including phenoxy) is 2. The summed E-state index contributed by atoms with van der Waals surface area (Å²) in [6.45, 7) is 6.27. The lowest BCUT2D eigenvalue weighted by Crippen LogP contribution is -2.51. The number of aromatic amines is 1. The van der Waals surface area contributed by atoms with Crippen LogP contribution in [0.4, 0.5) is 0 Å². The molecular weight excluding hydrogens is 340 g/mol. The third-order valence-electron chi connectivity index (χ3n) is 6.79. The Morgan fingerprint density at radius 1 is 1.37 bits per heavy atom. The van der Waals surface area contributed by atoms with Crippen molar-refractivity contribution in [3.05, 3.63) is 46.9 Å². The van der Waals surface area contributed by atoms with Gasteiger partial charge < -0.3 is 14.5 Å². The van der Waals surface area contributed by atoms with Crippen LogP contribution < -0.4 is 0 Å². The molecule has 1 aromatic carbocycles. The molecular formula is C22H26N2O3. The van der Waals surface area contributed by atoms with Gasteiger partial charge in [-0.1, -0.05) is 12.1 Å². The van der Waals surface area contributed by atoms with Gasteiger partial charge in [-0.15, -0.1) is 0 Å². The fraction of sp³-hybridized carbons (Fsp3) is 0.500. The van der Waals surface area contributed by atoms with Crippen molar-refractivity contribution in [2.45, 2.75) is 38.8 Å². The first-order valence-electron chi connectivity index (χ1n) is 9.85. The molecule has 4 atom stereocenters. The van der Waals surface area contributed by atoms with Crippen LogP contribution in [0.3, 0.4) is 0 Å². The minimum Gasteiger partial charge on any atom is -0.497 e. The van der Waals surface area contributed by atoms with Crippen molar-refractivity contribution in [3.8, 4) is 0 Å². The number of nitrogens with zero attached hydrogens (tertiary/aromatic N) is 1. The van der Waals surface area contributed by atoms with E-state index in [1.54, 1.807) is 6.26 Å². The maximum Gasteiger partial charge on any atom is 0.337 e. The number of H-pyrrole nitrogens is 1. The van der Waals surface area contributed by atoms with E-state index in [0.717, 1.165) is 25.9 Å². The Kier molecular flexibility index (Phi) is 3.83. The van der Waals surface area contributed by atoms with Gasteiger partial charge in [-0.2, -0.15) is 0 Å². The minimum absolute atomic E-state index is 0.121. The van der Waals surface area contributed by atoms with Crippen LogP contribution in [0.5, 0.6) is 0 Å². The number of aromatic nitrogens is 1. The number of hydrogen-bond acceptors (Lipinski definition) is 4. The quantitative estimate of drug-likeness (QED) is 0.785. The van der Waals surface area contributed by atoms with Gasteiger partial charge in [-0.3, -0.25) is 4.90 Å². The van der Waals surface area contributed by atoms with Gasteiger partial charge >= 0.3 is 5.97 Å². The molecule has 1 aromatic heterocycles. The fourth-order valence-corrected chi connectivity index (χ4v) is 5.36. The number of aryl methyl sites for hydroxylation is 1. The monoisotopic (exact) mass is 366 g/mol. The fourth-order valence-electron chi connectivity index (χ4n) is 5.36. The number of benzene rings is 1. The van der Waals surface area contributed by atoms with Gasteiger partial charge in [0.2, 0.25) is 0 Å². The smallest absolute Gasteiger partial charge is 0.337 e. The number of nitrogens with one attached hydrogen (secondary N) is 1. The number of piperidine rings is 1. The third kappa shape index (κ3) is 2.52. The van der Waals surface area contributed by atoms with Gasteiger partial charge in [0, 0.05) is 41.5 Å². The number of methoxy groups -OCH3 is 1. The minimum atomic E-state index is -0.256. The number of esters is 1. The topological polar surface area (TPSA) is 54.6 Å². The molecule has 0 bridgehead atoms. The molecule has 1 saturated heterocycles. The maximum absolute atomic E-state index is 12.3. The van der Waals surface area contributed by atoms with Gasteiger partial charge in [0.05, 0.1) is 31.1 Å².